The Morgan fingerprint density at radius 2 is 2.05 bits per heavy atom. The van der Waals surface area contributed by atoms with Crippen LogP contribution in [0.25, 0.3) is 11.5 Å². The third-order valence-electron chi connectivity index (χ3n) is 2.83. The van der Waals surface area contributed by atoms with E-state index < -0.39 is 5.82 Å². The number of nitrogens with zero attached hydrogens (tertiary/aromatic N) is 2. The fourth-order valence-electron chi connectivity index (χ4n) is 1.55. The standard InChI is InChI=1S/C13H15BrFN3O/c1-13(2,3)10(16)11-17-12(19-18-11)9-7(14)5-4-6-8(9)15/h4-6,10H,16H2,1-3H3. The van der Waals surface area contributed by atoms with Crippen LogP contribution < -0.4 is 5.73 Å². The Labute approximate surface area is 119 Å². The summed E-state index contributed by atoms with van der Waals surface area (Å²) < 4.78 is 19.5. The minimum atomic E-state index is -0.422. The highest BCUT2D eigenvalue weighted by Gasteiger charge is 2.28. The van der Waals surface area contributed by atoms with Crippen molar-refractivity contribution >= 4 is 15.9 Å². The molecule has 0 aliphatic carbocycles. The molecule has 1 aromatic heterocycles. The van der Waals surface area contributed by atoms with Crippen LogP contribution in [0, 0.1) is 11.2 Å². The van der Waals surface area contributed by atoms with E-state index in [1.54, 1.807) is 12.1 Å². The van der Waals surface area contributed by atoms with Crippen LogP contribution >= 0.6 is 15.9 Å². The van der Waals surface area contributed by atoms with Gasteiger partial charge in [-0.2, -0.15) is 4.98 Å². The van der Waals surface area contributed by atoms with Crippen LogP contribution in [0.4, 0.5) is 4.39 Å². The van der Waals surface area contributed by atoms with E-state index in [2.05, 4.69) is 26.1 Å². The SMILES string of the molecule is CC(C)(C)C(N)c1noc(-c2c(F)cccc2Br)n1. The van der Waals surface area contributed by atoms with E-state index in [4.69, 9.17) is 10.3 Å². The number of nitrogens with two attached hydrogens (primary N) is 1. The van der Waals surface area contributed by atoms with E-state index in [1.807, 2.05) is 20.8 Å². The van der Waals surface area contributed by atoms with Gasteiger partial charge >= 0.3 is 0 Å². The molecule has 6 heteroatoms. The summed E-state index contributed by atoms with van der Waals surface area (Å²) in [5.41, 5.74) is 6.10. The fraction of sp³-hybridized carbons (Fsp3) is 0.385. The molecule has 2 rings (SSSR count). The van der Waals surface area contributed by atoms with Gasteiger partial charge in [0, 0.05) is 4.47 Å². The quantitative estimate of drug-likeness (QED) is 0.913. The maximum atomic E-state index is 13.8. The van der Waals surface area contributed by atoms with E-state index in [9.17, 15) is 4.39 Å². The Balaban J connectivity index is 2.42. The number of hydrogen-bond acceptors (Lipinski definition) is 4. The van der Waals surface area contributed by atoms with E-state index in [0.717, 1.165) is 0 Å². The van der Waals surface area contributed by atoms with Gasteiger partial charge in [0.25, 0.3) is 5.89 Å². The smallest absolute Gasteiger partial charge is 0.262 e. The number of aromatic nitrogens is 2. The molecule has 0 bridgehead atoms. The van der Waals surface area contributed by atoms with Gasteiger partial charge < -0.3 is 10.3 Å². The van der Waals surface area contributed by atoms with Crippen LogP contribution in [-0.2, 0) is 0 Å². The van der Waals surface area contributed by atoms with Gasteiger partial charge in [-0.3, -0.25) is 0 Å². The average molecular weight is 328 g/mol. The second-order valence-electron chi connectivity index (χ2n) is 5.40. The van der Waals surface area contributed by atoms with E-state index in [-0.39, 0.29) is 22.9 Å². The molecule has 0 spiro atoms. The second-order valence-corrected chi connectivity index (χ2v) is 6.25. The maximum Gasteiger partial charge on any atom is 0.262 e. The molecule has 102 valence electrons. The molecule has 1 atom stereocenters. The Kier molecular flexibility index (Phi) is 3.73. The minimum Gasteiger partial charge on any atom is -0.334 e. The molecule has 0 aliphatic rings. The Morgan fingerprint density at radius 3 is 2.63 bits per heavy atom. The first-order valence-corrected chi connectivity index (χ1v) is 6.63. The molecule has 1 aromatic carbocycles. The highest BCUT2D eigenvalue weighted by Crippen LogP contribution is 2.33. The highest BCUT2D eigenvalue weighted by molar-refractivity contribution is 9.10. The van der Waals surface area contributed by atoms with E-state index in [0.29, 0.717) is 10.3 Å². The summed E-state index contributed by atoms with van der Waals surface area (Å²) >= 11 is 3.27. The second kappa shape index (κ2) is 5.02. The van der Waals surface area contributed by atoms with Crippen molar-refractivity contribution in [3.63, 3.8) is 0 Å². The van der Waals surface area contributed by atoms with Crippen LogP contribution in [-0.4, -0.2) is 10.1 Å². The zero-order valence-electron chi connectivity index (χ0n) is 10.9. The Bertz CT molecular complexity index is 572. The van der Waals surface area contributed by atoms with Gasteiger partial charge in [0.1, 0.15) is 5.82 Å². The van der Waals surface area contributed by atoms with Crippen molar-refractivity contribution in [1.82, 2.24) is 10.1 Å². The largest absolute Gasteiger partial charge is 0.334 e. The summed E-state index contributed by atoms with van der Waals surface area (Å²) in [6.07, 6.45) is 0. The maximum absolute atomic E-state index is 13.8. The molecule has 4 nitrogen and oxygen atoms in total. The zero-order valence-corrected chi connectivity index (χ0v) is 12.5. The van der Waals surface area contributed by atoms with Crippen molar-refractivity contribution in [2.24, 2.45) is 11.1 Å². The van der Waals surface area contributed by atoms with Gasteiger partial charge in [0.15, 0.2) is 5.82 Å². The van der Waals surface area contributed by atoms with Gasteiger partial charge in [0.05, 0.1) is 11.6 Å². The summed E-state index contributed by atoms with van der Waals surface area (Å²) in [6, 6.07) is 4.27. The normalized spacial score (nSPS) is 13.6. The molecule has 1 unspecified atom stereocenters. The van der Waals surface area contributed by atoms with Crippen LogP contribution in [0.5, 0.6) is 0 Å². The van der Waals surface area contributed by atoms with Gasteiger partial charge in [-0.05, 0) is 33.5 Å². The minimum absolute atomic E-state index is 0.125. The average Bonchev–Trinajstić information content (AvgIpc) is 2.75. The number of benzene rings is 1. The molecule has 0 amide bonds. The Morgan fingerprint density at radius 1 is 1.37 bits per heavy atom. The number of halogens is 2. The first-order valence-electron chi connectivity index (χ1n) is 5.84. The van der Waals surface area contributed by atoms with Gasteiger partial charge in [-0.25, -0.2) is 4.39 Å². The molecular weight excluding hydrogens is 313 g/mol. The summed E-state index contributed by atoms with van der Waals surface area (Å²) in [6.45, 7) is 5.94. The van der Waals surface area contributed by atoms with Crippen molar-refractivity contribution in [3.8, 4) is 11.5 Å². The first kappa shape index (κ1) is 14.1. The number of hydrogen-bond donors (Lipinski definition) is 1. The Hall–Kier alpha value is -1.27. The molecule has 0 aliphatic heterocycles. The molecule has 2 aromatic rings. The third kappa shape index (κ3) is 2.84. The lowest BCUT2D eigenvalue weighted by atomic mass is 9.87. The molecule has 1 heterocycles. The van der Waals surface area contributed by atoms with Crippen LogP contribution in [0.3, 0.4) is 0 Å². The van der Waals surface area contributed by atoms with Crippen molar-refractivity contribution in [1.29, 1.82) is 0 Å². The van der Waals surface area contributed by atoms with Gasteiger partial charge in [0.2, 0.25) is 0 Å². The summed E-state index contributed by atoms with van der Waals surface area (Å²) in [7, 11) is 0. The van der Waals surface area contributed by atoms with Crippen molar-refractivity contribution in [3.05, 3.63) is 34.3 Å². The lowest BCUT2D eigenvalue weighted by Gasteiger charge is -2.23. The van der Waals surface area contributed by atoms with Crippen LogP contribution in [0.1, 0.15) is 32.6 Å². The fourth-order valence-corrected chi connectivity index (χ4v) is 2.06. The van der Waals surface area contributed by atoms with E-state index in [1.165, 1.54) is 6.07 Å². The van der Waals surface area contributed by atoms with Crippen LogP contribution in [0.15, 0.2) is 27.2 Å². The molecule has 0 saturated carbocycles. The molecule has 19 heavy (non-hydrogen) atoms. The van der Waals surface area contributed by atoms with Gasteiger partial charge in [-0.15, -0.1) is 0 Å². The topological polar surface area (TPSA) is 64.9 Å². The first-order chi connectivity index (χ1) is 8.80. The van der Waals surface area contributed by atoms with Gasteiger partial charge in [-0.1, -0.05) is 32.0 Å². The highest BCUT2D eigenvalue weighted by atomic mass is 79.9. The summed E-state index contributed by atoms with van der Waals surface area (Å²) in [4.78, 5) is 4.20. The van der Waals surface area contributed by atoms with E-state index >= 15 is 0 Å². The van der Waals surface area contributed by atoms with Crippen molar-refractivity contribution in [2.45, 2.75) is 26.8 Å². The molecule has 0 saturated heterocycles. The number of rotatable bonds is 2. The molecule has 2 N–H and O–H groups in total. The summed E-state index contributed by atoms with van der Waals surface area (Å²) in [5, 5.41) is 3.84. The monoisotopic (exact) mass is 327 g/mol. The lowest BCUT2D eigenvalue weighted by molar-refractivity contribution is 0.303. The molecule has 0 fully saturated rings. The summed E-state index contributed by atoms with van der Waals surface area (Å²) in [5.74, 6) is 0.0752. The third-order valence-corrected chi connectivity index (χ3v) is 3.49. The molecular formula is C13H15BrFN3O. The zero-order chi connectivity index (χ0) is 14.2. The van der Waals surface area contributed by atoms with Crippen molar-refractivity contribution in [2.75, 3.05) is 0 Å². The van der Waals surface area contributed by atoms with Crippen LogP contribution in [0.2, 0.25) is 0 Å². The predicted octanol–water partition coefficient (Wildman–Crippen LogP) is 3.68. The molecule has 0 radical (unpaired) electrons. The van der Waals surface area contributed by atoms with Crippen molar-refractivity contribution < 1.29 is 8.91 Å². The predicted molar refractivity (Wildman–Crippen MR) is 73.8 cm³/mol. The lowest BCUT2D eigenvalue weighted by Crippen LogP contribution is -2.27.